The van der Waals surface area contributed by atoms with Crippen molar-refractivity contribution in [3.8, 4) is 0 Å². The Kier molecular flexibility index (Phi) is 4.94. The van der Waals surface area contributed by atoms with E-state index >= 15 is 0 Å². The molecule has 0 saturated heterocycles. The maximum absolute atomic E-state index is 10.3. The zero-order valence-corrected chi connectivity index (χ0v) is 9.13. The summed E-state index contributed by atoms with van der Waals surface area (Å²) in [5.74, 6) is 0. The van der Waals surface area contributed by atoms with E-state index in [2.05, 4.69) is 0 Å². The average Bonchev–Trinajstić information content (AvgIpc) is 2.16. The fraction of sp³-hybridized carbons (Fsp3) is 0.333. The van der Waals surface area contributed by atoms with Crippen LogP contribution < -0.4 is 5.73 Å². The second kappa shape index (κ2) is 5.44. The normalized spacial score (nSPS) is 8.86. The molecule has 0 radical (unpaired) electrons. The number of non-ortho nitro benzene ring substituents is 1. The molecular weight excluding hydrogens is 204 g/mol. The Morgan fingerprint density at radius 3 is 2.29 bits per heavy atom. The Hall–Kier alpha value is -1.29. The van der Waals surface area contributed by atoms with E-state index in [1.807, 2.05) is 13.8 Å². The number of aryl methyl sites for hydroxylation is 1. The van der Waals surface area contributed by atoms with Crippen molar-refractivity contribution in [3.63, 3.8) is 0 Å². The minimum atomic E-state index is -0.502. The first-order valence-corrected chi connectivity index (χ1v) is 4.60. The van der Waals surface area contributed by atoms with Crippen molar-refractivity contribution in [1.29, 1.82) is 0 Å². The summed E-state index contributed by atoms with van der Waals surface area (Å²) < 4.78 is 0. The Bertz CT molecular complexity index is 317. The Labute approximate surface area is 87.8 Å². The molecule has 0 saturated carbocycles. The van der Waals surface area contributed by atoms with Crippen LogP contribution in [-0.4, -0.2) is 4.92 Å². The third-order valence-corrected chi connectivity index (χ3v) is 1.84. The van der Waals surface area contributed by atoms with E-state index in [-0.39, 0.29) is 10.7 Å². The van der Waals surface area contributed by atoms with Gasteiger partial charge in [0.15, 0.2) is 0 Å². The summed E-state index contributed by atoms with van der Waals surface area (Å²) in [5, 5.41) is 10.5. The van der Waals surface area contributed by atoms with Crippen LogP contribution in [-0.2, 0) is 0 Å². The number of nitro benzene ring substituents is 1. The molecule has 0 bridgehead atoms. The number of nitrogen functional groups attached to an aromatic ring is 1. The smallest absolute Gasteiger partial charge is 0.271 e. The van der Waals surface area contributed by atoms with E-state index in [0.717, 1.165) is 0 Å². The van der Waals surface area contributed by atoms with Crippen molar-refractivity contribution in [1.82, 2.24) is 0 Å². The molecule has 1 aromatic carbocycles. The summed E-state index contributed by atoms with van der Waals surface area (Å²) in [5.41, 5.74) is 6.47. The molecule has 0 fully saturated rings. The number of benzene rings is 1. The molecule has 1 aromatic rings. The monoisotopic (exact) mass is 216 g/mol. The zero-order chi connectivity index (χ0) is 11.3. The molecule has 0 unspecified atom stereocenters. The number of rotatable bonds is 1. The van der Waals surface area contributed by atoms with E-state index < -0.39 is 4.92 Å². The minimum Gasteiger partial charge on any atom is -0.397 e. The second-order valence-corrected chi connectivity index (χ2v) is 2.82. The summed E-state index contributed by atoms with van der Waals surface area (Å²) >= 11 is 5.63. The van der Waals surface area contributed by atoms with Gasteiger partial charge in [0.2, 0.25) is 0 Å². The SMILES string of the molecule is CC.Cc1cc([N+](=O)[O-])cc(Cl)c1N. The van der Waals surface area contributed by atoms with Crippen LogP contribution in [0.2, 0.25) is 5.02 Å². The molecule has 0 amide bonds. The number of hydrogen-bond donors (Lipinski definition) is 1. The van der Waals surface area contributed by atoms with Crippen molar-refractivity contribution in [2.24, 2.45) is 0 Å². The molecule has 0 aliphatic rings. The van der Waals surface area contributed by atoms with E-state index in [1.54, 1.807) is 6.92 Å². The van der Waals surface area contributed by atoms with Gasteiger partial charge in [-0.15, -0.1) is 0 Å². The zero-order valence-electron chi connectivity index (χ0n) is 8.37. The third kappa shape index (κ3) is 2.88. The van der Waals surface area contributed by atoms with Crippen LogP contribution in [0.3, 0.4) is 0 Å². The fourth-order valence-corrected chi connectivity index (χ4v) is 1.10. The highest BCUT2D eigenvalue weighted by Crippen LogP contribution is 2.27. The molecule has 0 aliphatic heterocycles. The maximum Gasteiger partial charge on any atom is 0.271 e. The lowest BCUT2D eigenvalue weighted by atomic mass is 10.2. The summed E-state index contributed by atoms with van der Waals surface area (Å²) in [4.78, 5) is 9.82. The molecule has 5 heteroatoms. The number of hydrogen-bond acceptors (Lipinski definition) is 3. The van der Waals surface area contributed by atoms with Gasteiger partial charge in [-0.2, -0.15) is 0 Å². The lowest BCUT2D eigenvalue weighted by Gasteiger charge is -2.01. The van der Waals surface area contributed by atoms with Crippen LogP contribution in [0.5, 0.6) is 0 Å². The lowest BCUT2D eigenvalue weighted by Crippen LogP contribution is -1.94. The van der Waals surface area contributed by atoms with Gasteiger partial charge in [0.25, 0.3) is 5.69 Å². The van der Waals surface area contributed by atoms with Crippen LogP contribution in [0.15, 0.2) is 12.1 Å². The quantitative estimate of drug-likeness (QED) is 0.445. The number of nitrogens with zero attached hydrogens (tertiary/aromatic N) is 1. The molecule has 0 spiro atoms. The number of nitrogens with two attached hydrogens (primary N) is 1. The average molecular weight is 217 g/mol. The summed E-state index contributed by atoms with van der Waals surface area (Å²) in [7, 11) is 0. The number of nitro groups is 1. The van der Waals surface area contributed by atoms with Gasteiger partial charge in [0.1, 0.15) is 0 Å². The van der Waals surface area contributed by atoms with Gasteiger partial charge in [-0.05, 0) is 12.5 Å². The standard InChI is InChI=1S/C7H7ClN2O2.C2H6/c1-4-2-5(10(11)12)3-6(8)7(4)9;1-2/h2-3H,9H2,1H3;1-2H3. The first-order valence-electron chi connectivity index (χ1n) is 4.22. The Balaban J connectivity index is 0.000000791. The summed E-state index contributed by atoms with van der Waals surface area (Å²) in [6.45, 7) is 5.67. The Morgan fingerprint density at radius 1 is 1.43 bits per heavy atom. The van der Waals surface area contributed by atoms with Crippen molar-refractivity contribution in [3.05, 3.63) is 32.8 Å². The molecule has 0 aromatic heterocycles. The van der Waals surface area contributed by atoms with Crippen LogP contribution in [0, 0.1) is 17.0 Å². The number of halogens is 1. The first kappa shape index (κ1) is 12.7. The third-order valence-electron chi connectivity index (χ3n) is 1.53. The summed E-state index contributed by atoms with van der Waals surface area (Å²) in [6.07, 6.45) is 0. The highest BCUT2D eigenvalue weighted by molar-refractivity contribution is 6.33. The second-order valence-electron chi connectivity index (χ2n) is 2.42. The molecule has 0 atom stereocenters. The molecule has 2 N–H and O–H groups in total. The Morgan fingerprint density at radius 2 is 1.93 bits per heavy atom. The van der Waals surface area contributed by atoms with Crippen LogP contribution in [0.1, 0.15) is 19.4 Å². The number of anilines is 1. The molecule has 4 nitrogen and oxygen atoms in total. The van der Waals surface area contributed by atoms with Gasteiger partial charge in [-0.1, -0.05) is 25.4 Å². The van der Waals surface area contributed by atoms with E-state index in [9.17, 15) is 10.1 Å². The minimum absolute atomic E-state index is 0.0355. The molecule has 0 aliphatic carbocycles. The van der Waals surface area contributed by atoms with Crippen LogP contribution >= 0.6 is 11.6 Å². The van der Waals surface area contributed by atoms with Crippen molar-refractivity contribution in [2.75, 3.05) is 5.73 Å². The van der Waals surface area contributed by atoms with Crippen LogP contribution in [0.25, 0.3) is 0 Å². The highest BCUT2D eigenvalue weighted by Gasteiger charge is 2.10. The van der Waals surface area contributed by atoms with E-state index in [1.165, 1.54) is 12.1 Å². The topological polar surface area (TPSA) is 69.2 Å². The molecule has 78 valence electrons. The van der Waals surface area contributed by atoms with Crippen molar-refractivity contribution < 1.29 is 4.92 Å². The van der Waals surface area contributed by atoms with Gasteiger partial charge in [0.05, 0.1) is 15.6 Å². The first-order chi connectivity index (χ1) is 6.52. The molecule has 14 heavy (non-hydrogen) atoms. The van der Waals surface area contributed by atoms with Crippen LogP contribution in [0.4, 0.5) is 11.4 Å². The van der Waals surface area contributed by atoms with Gasteiger partial charge in [-0.25, -0.2) is 0 Å². The molecular formula is C9H13ClN2O2. The van der Waals surface area contributed by atoms with Gasteiger partial charge in [0, 0.05) is 12.1 Å². The largest absolute Gasteiger partial charge is 0.397 e. The van der Waals surface area contributed by atoms with Gasteiger partial charge < -0.3 is 5.73 Å². The van der Waals surface area contributed by atoms with E-state index in [4.69, 9.17) is 17.3 Å². The highest BCUT2D eigenvalue weighted by atomic mass is 35.5. The predicted molar refractivity (Wildman–Crippen MR) is 58.6 cm³/mol. The fourth-order valence-electron chi connectivity index (χ4n) is 0.843. The van der Waals surface area contributed by atoms with Crippen molar-refractivity contribution in [2.45, 2.75) is 20.8 Å². The predicted octanol–water partition coefficient (Wildman–Crippen LogP) is 3.17. The van der Waals surface area contributed by atoms with E-state index in [0.29, 0.717) is 11.3 Å². The van der Waals surface area contributed by atoms with Gasteiger partial charge in [-0.3, -0.25) is 10.1 Å². The molecule has 1 rings (SSSR count). The maximum atomic E-state index is 10.3. The summed E-state index contributed by atoms with van der Waals surface area (Å²) in [6, 6.07) is 2.63. The van der Waals surface area contributed by atoms with Gasteiger partial charge >= 0.3 is 0 Å². The lowest BCUT2D eigenvalue weighted by molar-refractivity contribution is -0.384. The molecule has 0 heterocycles. The van der Waals surface area contributed by atoms with Crippen molar-refractivity contribution >= 4 is 23.0 Å².